The molecule has 0 spiro atoms. The van der Waals surface area contributed by atoms with Gasteiger partial charge in [-0.2, -0.15) is 4.37 Å². The number of nitrogens with zero attached hydrogens (tertiary/aromatic N) is 3. The monoisotopic (exact) mass is 215 g/mol. The molecule has 0 atom stereocenters. The molecule has 1 aromatic heterocycles. The first kappa shape index (κ1) is 10.9. The van der Waals surface area contributed by atoms with Gasteiger partial charge in [-0.15, -0.1) is 0 Å². The lowest BCUT2D eigenvalue weighted by Gasteiger charge is -2.10. The molecule has 0 saturated carbocycles. The zero-order chi connectivity index (χ0) is 10.6. The normalized spacial score (nSPS) is 10.1. The molecule has 0 radical (unpaired) electrons. The fraction of sp³-hybridized carbons (Fsp3) is 0.625. The van der Waals surface area contributed by atoms with Crippen LogP contribution in [0, 0.1) is 0 Å². The molecule has 0 fully saturated rings. The Labute approximate surface area is 86.6 Å². The number of hydrogen-bond donors (Lipinski definition) is 1. The summed E-state index contributed by atoms with van der Waals surface area (Å²) < 4.78 is 4.13. The molecule has 0 unspecified atom stereocenters. The van der Waals surface area contributed by atoms with Crippen molar-refractivity contribution in [1.29, 1.82) is 0 Å². The molecule has 1 heterocycles. The number of carbonyl (C=O) groups is 1. The van der Waals surface area contributed by atoms with Crippen LogP contribution < -0.4 is 4.90 Å². The highest BCUT2D eigenvalue weighted by atomic mass is 32.1. The highest BCUT2D eigenvalue weighted by molar-refractivity contribution is 7.09. The summed E-state index contributed by atoms with van der Waals surface area (Å²) in [6.07, 6.45) is 1.84. The van der Waals surface area contributed by atoms with Crippen LogP contribution in [0.4, 0.5) is 5.13 Å². The molecule has 1 N–H and O–H groups in total. The number of aromatic nitrogens is 2. The maximum Gasteiger partial charge on any atom is 0.323 e. The van der Waals surface area contributed by atoms with Gasteiger partial charge in [-0.05, 0) is 6.42 Å². The predicted molar refractivity (Wildman–Crippen MR) is 54.8 cm³/mol. The van der Waals surface area contributed by atoms with Gasteiger partial charge >= 0.3 is 5.97 Å². The Balaban J connectivity index is 2.61. The zero-order valence-electron chi connectivity index (χ0n) is 8.23. The van der Waals surface area contributed by atoms with Crippen LogP contribution in [0.3, 0.4) is 0 Å². The van der Waals surface area contributed by atoms with Gasteiger partial charge < -0.3 is 10.0 Å². The van der Waals surface area contributed by atoms with E-state index < -0.39 is 5.97 Å². The van der Waals surface area contributed by atoms with E-state index in [1.165, 1.54) is 11.5 Å². The van der Waals surface area contributed by atoms with Gasteiger partial charge in [0.1, 0.15) is 12.4 Å². The van der Waals surface area contributed by atoms with E-state index >= 15 is 0 Å². The molecule has 0 amide bonds. The van der Waals surface area contributed by atoms with E-state index in [-0.39, 0.29) is 6.54 Å². The Morgan fingerprint density at radius 2 is 2.36 bits per heavy atom. The van der Waals surface area contributed by atoms with Crippen LogP contribution in [0.25, 0.3) is 0 Å². The first-order valence-corrected chi connectivity index (χ1v) is 5.16. The molecule has 0 aromatic carbocycles. The molecular weight excluding hydrogens is 202 g/mol. The quantitative estimate of drug-likeness (QED) is 0.794. The Morgan fingerprint density at radius 3 is 2.93 bits per heavy atom. The average molecular weight is 215 g/mol. The van der Waals surface area contributed by atoms with Crippen LogP contribution in [0.2, 0.25) is 0 Å². The van der Waals surface area contributed by atoms with Crippen molar-refractivity contribution in [2.75, 3.05) is 18.5 Å². The van der Waals surface area contributed by atoms with E-state index in [2.05, 4.69) is 16.3 Å². The van der Waals surface area contributed by atoms with Crippen molar-refractivity contribution in [3.05, 3.63) is 5.82 Å². The van der Waals surface area contributed by atoms with Gasteiger partial charge in [0.2, 0.25) is 5.13 Å². The zero-order valence-corrected chi connectivity index (χ0v) is 9.04. The van der Waals surface area contributed by atoms with E-state index in [9.17, 15) is 4.79 Å². The van der Waals surface area contributed by atoms with Gasteiger partial charge in [-0.1, -0.05) is 6.92 Å². The standard InChI is InChI=1S/C8H13N3O2S/c1-3-4-6-9-8(14-10-6)11(2)5-7(12)13/h3-5H2,1-2H3,(H,12,13). The molecule has 0 saturated heterocycles. The smallest absolute Gasteiger partial charge is 0.323 e. The summed E-state index contributed by atoms with van der Waals surface area (Å²) in [5.41, 5.74) is 0. The molecule has 0 aliphatic heterocycles. The second-order valence-electron chi connectivity index (χ2n) is 2.99. The molecule has 78 valence electrons. The summed E-state index contributed by atoms with van der Waals surface area (Å²) >= 11 is 1.24. The minimum Gasteiger partial charge on any atom is -0.480 e. The van der Waals surface area contributed by atoms with Crippen molar-refractivity contribution in [2.45, 2.75) is 19.8 Å². The highest BCUT2D eigenvalue weighted by Gasteiger charge is 2.10. The van der Waals surface area contributed by atoms with Crippen molar-refractivity contribution >= 4 is 22.6 Å². The predicted octanol–water partition coefficient (Wildman–Crippen LogP) is 1.01. The Kier molecular flexibility index (Phi) is 3.82. The first-order valence-electron chi connectivity index (χ1n) is 4.39. The number of likely N-dealkylation sites (N-methyl/N-ethyl adjacent to an activating group) is 1. The van der Waals surface area contributed by atoms with Crippen molar-refractivity contribution in [3.63, 3.8) is 0 Å². The molecule has 5 nitrogen and oxygen atoms in total. The molecule has 1 aromatic rings. The van der Waals surface area contributed by atoms with E-state index in [0.29, 0.717) is 5.13 Å². The molecule has 0 aliphatic rings. The lowest BCUT2D eigenvalue weighted by Crippen LogP contribution is -2.24. The molecule has 14 heavy (non-hydrogen) atoms. The second kappa shape index (κ2) is 4.90. The average Bonchev–Trinajstić information content (AvgIpc) is 2.52. The minimum atomic E-state index is -0.861. The van der Waals surface area contributed by atoms with Crippen LogP contribution >= 0.6 is 11.5 Å². The van der Waals surface area contributed by atoms with Crippen LogP contribution in [0.1, 0.15) is 19.2 Å². The van der Waals surface area contributed by atoms with Gasteiger partial charge in [-0.3, -0.25) is 4.79 Å². The topological polar surface area (TPSA) is 66.3 Å². The van der Waals surface area contributed by atoms with E-state index in [4.69, 9.17) is 5.11 Å². The van der Waals surface area contributed by atoms with Crippen LogP contribution in [0.15, 0.2) is 0 Å². The summed E-state index contributed by atoms with van der Waals surface area (Å²) in [4.78, 5) is 16.2. The van der Waals surface area contributed by atoms with Crippen LogP contribution in [-0.4, -0.2) is 34.0 Å². The van der Waals surface area contributed by atoms with Crippen molar-refractivity contribution < 1.29 is 9.90 Å². The lowest BCUT2D eigenvalue weighted by molar-refractivity contribution is -0.135. The van der Waals surface area contributed by atoms with Crippen molar-refractivity contribution in [1.82, 2.24) is 9.36 Å². The summed E-state index contributed by atoms with van der Waals surface area (Å²) in [5, 5.41) is 9.23. The number of aliphatic carboxylic acids is 1. The maximum absolute atomic E-state index is 10.4. The third-order valence-electron chi connectivity index (χ3n) is 1.63. The van der Waals surface area contributed by atoms with Gasteiger partial charge in [-0.25, -0.2) is 4.98 Å². The highest BCUT2D eigenvalue weighted by Crippen LogP contribution is 2.15. The van der Waals surface area contributed by atoms with Gasteiger partial charge in [0.05, 0.1) is 0 Å². The van der Waals surface area contributed by atoms with E-state index in [1.54, 1.807) is 11.9 Å². The summed E-state index contributed by atoms with van der Waals surface area (Å²) in [7, 11) is 1.70. The summed E-state index contributed by atoms with van der Waals surface area (Å²) in [5.74, 6) is -0.0653. The third kappa shape index (κ3) is 2.95. The van der Waals surface area contributed by atoms with Crippen molar-refractivity contribution in [2.24, 2.45) is 0 Å². The Bertz CT molecular complexity index is 313. The first-order chi connectivity index (χ1) is 6.63. The number of carboxylic acid groups (broad SMARTS) is 1. The minimum absolute atomic E-state index is 0.0409. The number of aryl methyl sites for hydroxylation is 1. The van der Waals surface area contributed by atoms with Gasteiger partial charge in [0.15, 0.2) is 0 Å². The maximum atomic E-state index is 10.4. The molecule has 6 heteroatoms. The number of carboxylic acids is 1. The fourth-order valence-electron chi connectivity index (χ4n) is 0.995. The molecule has 1 rings (SSSR count). The number of rotatable bonds is 5. The Morgan fingerprint density at radius 1 is 1.64 bits per heavy atom. The Hall–Kier alpha value is -1.17. The van der Waals surface area contributed by atoms with Crippen LogP contribution in [0.5, 0.6) is 0 Å². The van der Waals surface area contributed by atoms with Gasteiger partial charge in [0, 0.05) is 25.0 Å². The number of hydrogen-bond acceptors (Lipinski definition) is 5. The van der Waals surface area contributed by atoms with Crippen LogP contribution in [-0.2, 0) is 11.2 Å². The molecule has 0 aliphatic carbocycles. The second-order valence-corrected chi connectivity index (χ2v) is 3.72. The van der Waals surface area contributed by atoms with Gasteiger partial charge in [0.25, 0.3) is 0 Å². The third-order valence-corrected chi connectivity index (χ3v) is 2.50. The van der Waals surface area contributed by atoms with E-state index in [1.807, 2.05) is 0 Å². The molecule has 0 bridgehead atoms. The summed E-state index contributed by atoms with van der Waals surface area (Å²) in [6, 6.07) is 0. The largest absolute Gasteiger partial charge is 0.480 e. The lowest BCUT2D eigenvalue weighted by atomic mass is 10.3. The number of anilines is 1. The molecular formula is C8H13N3O2S. The SMILES string of the molecule is CCCc1nsc(N(C)CC(=O)O)n1. The summed E-state index contributed by atoms with van der Waals surface area (Å²) in [6.45, 7) is 2.02. The van der Waals surface area contributed by atoms with Crippen molar-refractivity contribution in [3.8, 4) is 0 Å². The fourth-order valence-corrected chi connectivity index (χ4v) is 1.66. The van der Waals surface area contributed by atoms with E-state index in [0.717, 1.165) is 18.7 Å².